The van der Waals surface area contributed by atoms with E-state index in [0.717, 1.165) is 16.6 Å². The summed E-state index contributed by atoms with van der Waals surface area (Å²) in [6, 6.07) is 20.1. The predicted molar refractivity (Wildman–Crippen MR) is 149 cm³/mol. The van der Waals surface area contributed by atoms with Crippen molar-refractivity contribution in [2.45, 2.75) is 42.1 Å². The van der Waals surface area contributed by atoms with Crippen LogP contribution in [0.1, 0.15) is 40.2 Å². The molecule has 1 saturated heterocycles. The molecule has 5 rings (SSSR count). The molecule has 228 valence electrons. The fourth-order valence-electron chi connectivity index (χ4n) is 4.26. The molecule has 2 atom stereocenters. The molecule has 1 aromatic heterocycles. The quantitative estimate of drug-likeness (QED) is 0.237. The Bertz CT molecular complexity index is 1820. The number of carbonyl (C=O) groups is 2. The molecule has 1 unspecified atom stereocenters. The molecule has 1 amide bonds. The minimum atomic E-state index is -5.08. The number of hydrogen-bond acceptors (Lipinski definition) is 7. The first-order valence-electron chi connectivity index (χ1n) is 12.5. The molecule has 11 nitrogen and oxygen atoms in total. The van der Waals surface area contributed by atoms with E-state index < -0.39 is 49.4 Å². The van der Waals surface area contributed by atoms with Gasteiger partial charge in [0.25, 0.3) is 0 Å². The number of aliphatic carboxylic acids is 1. The highest BCUT2D eigenvalue weighted by Crippen LogP contribution is 2.31. The van der Waals surface area contributed by atoms with Crippen LogP contribution in [0.4, 0.5) is 13.2 Å². The number of para-hydroxylation sites is 2. The molecule has 1 aliphatic rings. The van der Waals surface area contributed by atoms with E-state index in [4.69, 9.17) is 9.90 Å². The van der Waals surface area contributed by atoms with E-state index in [9.17, 15) is 34.8 Å². The second-order valence-corrected chi connectivity index (χ2v) is 13.2. The summed E-state index contributed by atoms with van der Waals surface area (Å²) in [4.78, 5) is 28.4. The summed E-state index contributed by atoms with van der Waals surface area (Å²) in [5.41, 5.74) is 3.71. The number of hydrogen-bond donors (Lipinski definition) is 4. The molecule has 2 heterocycles. The number of carboxylic acid groups (broad SMARTS) is 1. The van der Waals surface area contributed by atoms with Gasteiger partial charge in [-0.3, -0.25) is 9.52 Å². The van der Waals surface area contributed by atoms with Crippen LogP contribution in [0.15, 0.2) is 77.7 Å². The minimum Gasteiger partial charge on any atom is -0.475 e. The van der Waals surface area contributed by atoms with Crippen molar-refractivity contribution in [2.24, 2.45) is 0 Å². The normalized spacial score (nSPS) is 17.1. The number of nitrogens with one attached hydrogen (secondary N) is 3. The molecule has 0 bridgehead atoms. The summed E-state index contributed by atoms with van der Waals surface area (Å²) in [5, 5.41) is 6.19. The average molecular weight is 639 g/mol. The van der Waals surface area contributed by atoms with Crippen LogP contribution in [0.3, 0.4) is 0 Å². The van der Waals surface area contributed by atoms with Crippen molar-refractivity contribution in [3.63, 3.8) is 0 Å². The van der Waals surface area contributed by atoms with Crippen LogP contribution in [0.5, 0.6) is 0 Å². The van der Waals surface area contributed by atoms with Crippen LogP contribution < -0.4 is 9.44 Å². The minimum absolute atomic E-state index is 0.125. The van der Waals surface area contributed by atoms with Gasteiger partial charge >= 0.3 is 12.1 Å². The van der Waals surface area contributed by atoms with Crippen LogP contribution in [-0.2, 0) is 36.1 Å². The van der Waals surface area contributed by atoms with E-state index in [0.29, 0.717) is 16.9 Å². The van der Waals surface area contributed by atoms with Gasteiger partial charge in [-0.2, -0.15) is 13.2 Å². The van der Waals surface area contributed by atoms with Crippen molar-refractivity contribution in [3.05, 3.63) is 95.3 Å². The predicted octanol–water partition coefficient (Wildman–Crippen LogP) is 3.66. The van der Waals surface area contributed by atoms with Crippen LogP contribution in [0.2, 0.25) is 0 Å². The number of sulfonamides is 2. The van der Waals surface area contributed by atoms with Crippen LogP contribution in [0, 0.1) is 6.92 Å². The Morgan fingerprint density at radius 1 is 1.07 bits per heavy atom. The lowest BCUT2D eigenvalue weighted by Crippen LogP contribution is -2.31. The second-order valence-electron chi connectivity index (χ2n) is 9.64. The Kier molecular flexibility index (Phi) is 8.94. The van der Waals surface area contributed by atoms with Crippen molar-refractivity contribution in [1.82, 2.24) is 19.4 Å². The van der Waals surface area contributed by atoms with Crippen molar-refractivity contribution >= 4 is 43.0 Å². The number of H-pyrrole nitrogens is 1. The van der Waals surface area contributed by atoms with E-state index in [-0.39, 0.29) is 17.7 Å². The molecule has 0 spiro atoms. The largest absolute Gasteiger partial charge is 0.490 e. The van der Waals surface area contributed by atoms with E-state index in [1.165, 1.54) is 0 Å². The molecule has 0 aliphatic carbocycles. The number of imidazole rings is 1. The van der Waals surface area contributed by atoms with E-state index in [1.807, 2.05) is 35.9 Å². The van der Waals surface area contributed by atoms with Gasteiger partial charge in [-0.05, 0) is 48.7 Å². The van der Waals surface area contributed by atoms with Gasteiger partial charge in [-0.1, -0.05) is 54.1 Å². The highest BCUT2D eigenvalue weighted by molar-refractivity contribution is 7.90. The molecule has 4 N–H and O–H groups in total. The topological polar surface area (TPSA) is 175 Å². The number of rotatable bonds is 7. The third-order valence-corrected chi connectivity index (χ3v) is 9.59. The molecular weight excluding hydrogens is 613 g/mol. The molecular formula is C27H25F3N4O7S2. The number of alkyl halides is 3. The van der Waals surface area contributed by atoms with E-state index in [1.54, 1.807) is 48.5 Å². The number of amides is 1. The van der Waals surface area contributed by atoms with Crippen LogP contribution in [-0.4, -0.2) is 50.0 Å². The molecule has 4 aromatic rings. The average Bonchev–Trinajstić information content (AvgIpc) is 3.48. The van der Waals surface area contributed by atoms with Gasteiger partial charge in [0.1, 0.15) is 11.1 Å². The van der Waals surface area contributed by atoms with Crippen molar-refractivity contribution < 1.29 is 44.7 Å². The van der Waals surface area contributed by atoms with Gasteiger partial charge in [0.2, 0.25) is 26.0 Å². The zero-order valence-corrected chi connectivity index (χ0v) is 23.9. The number of benzene rings is 3. The first-order valence-corrected chi connectivity index (χ1v) is 15.5. The Balaban J connectivity index is 0.000000541. The number of carbonyl (C=O) groups excluding carboxylic acids is 1. The second kappa shape index (κ2) is 12.1. The number of aryl methyl sites for hydroxylation is 1. The SMILES string of the molecule is Cc1ccc(S(=O)(=O)N[C@@H](Cc2ccc(C3CC(=O)NS3(=O)=O)cc2)c2nc3ccccc3[nH]2)cc1.O=C(O)C(F)(F)F. The standard InChI is InChI=1S/C25H24N4O5S2.C2HF3O2/c1-16-6-12-19(13-7-16)35(31,32)28-22(25-26-20-4-2-3-5-21(20)27-25)14-17-8-10-18(11-9-17)23-15-24(30)29-36(23,33)34;3-2(4,5)1(6)7/h2-13,22-23,28H,14-15H2,1H3,(H,26,27)(H,29,30);(H,6,7)/t22-,23?;/m0./s1. The fourth-order valence-corrected chi connectivity index (χ4v) is 6.88. The number of nitrogens with zero attached hydrogens (tertiary/aromatic N) is 1. The molecule has 1 fully saturated rings. The lowest BCUT2D eigenvalue weighted by molar-refractivity contribution is -0.192. The first kappa shape index (κ1) is 31.7. The van der Waals surface area contributed by atoms with Crippen molar-refractivity contribution in [2.75, 3.05) is 0 Å². The van der Waals surface area contributed by atoms with Gasteiger partial charge in [-0.25, -0.2) is 31.3 Å². The molecule has 3 aromatic carbocycles. The van der Waals surface area contributed by atoms with Crippen molar-refractivity contribution in [3.8, 4) is 0 Å². The van der Waals surface area contributed by atoms with Crippen LogP contribution >= 0.6 is 0 Å². The van der Waals surface area contributed by atoms with Crippen LogP contribution in [0.25, 0.3) is 11.0 Å². The summed E-state index contributed by atoms with van der Waals surface area (Å²) in [6.45, 7) is 1.88. The molecule has 0 radical (unpaired) electrons. The summed E-state index contributed by atoms with van der Waals surface area (Å²) >= 11 is 0. The van der Waals surface area contributed by atoms with Gasteiger partial charge in [0, 0.05) is 0 Å². The Morgan fingerprint density at radius 3 is 2.21 bits per heavy atom. The summed E-state index contributed by atoms with van der Waals surface area (Å²) in [6.07, 6.45) is -4.95. The van der Waals surface area contributed by atoms with E-state index in [2.05, 4.69) is 14.7 Å². The third kappa shape index (κ3) is 7.77. The number of aromatic nitrogens is 2. The first-order chi connectivity index (χ1) is 20.0. The maximum Gasteiger partial charge on any atom is 0.490 e. The zero-order valence-electron chi connectivity index (χ0n) is 22.3. The Labute approximate surface area is 244 Å². The zero-order chi connectivity index (χ0) is 31.6. The lowest BCUT2D eigenvalue weighted by atomic mass is 10.0. The summed E-state index contributed by atoms with van der Waals surface area (Å²) in [7, 11) is -7.61. The molecule has 43 heavy (non-hydrogen) atoms. The fraction of sp³-hybridized carbons (Fsp3) is 0.222. The lowest BCUT2D eigenvalue weighted by Gasteiger charge is -2.18. The number of aromatic amines is 1. The number of carboxylic acids is 1. The third-order valence-electron chi connectivity index (χ3n) is 6.40. The Morgan fingerprint density at radius 2 is 1.67 bits per heavy atom. The van der Waals surface area contributed by atoms with Gasteiger partial charge < -0.3 is 10.1 Å². The van der Waals surface area contributed by atoms with E-state index >= 15 is 0 Å². The number of halogens is 3. The maximum absolute atomic E-state index is 13.2. The van der Waals surface area contributed by atoms with Gasteiger partial charge in [0.15, 0.2) is 0 Å². The van der Waals surface area contributed by atoms with Gasteiger partial charge in [-0.15, -0.1) is 0 Å². The highest BCUT2D eigenvalue weighted by atomic mass is 32.2. The Hall–Kier alpha value is -4.28. The number of fused-ring (bicyclic) bond motifs is 1. The monoisotopic (exact) mass is 638 g/mol. The molecule has 1 aliphatic heterocycles. The maximum atomic E-state index is 13.2. The highest BCUT2D eigenvalue weighted by Gasteiger charge is 2.38. The summed E-state index contributed by atoms with van der Waals surface area (Å²) in [5.74, 6) is -2.82. The smallest absolute Gasteiger partial charge is 0.475 e. The summed E-state index contributed by atoms with van der Waals surface area (Å²) < 4.78 is 87.3. The molecule has 16 heteroatoms. The van der Waals surface area contributed by atoms with Crippen molar-refractivity contribution in [1.29, 1.82) is 0 Å². The molecule has 0 saturated carbocycles. The van der Waals surface area contributed by atoms with Gasteiger partial charge in [0.05, 0.1) is 28.4 Å².